The molecule has 5 heteroatoms. The molecule has 1 amide bonds. The highest BCUT2D eigenvalue weighted by Crippen LogP contribution is 2.18. The van der Waals surface area contributed by atoms with Crippen molar-refractivity contribution in [2.24, 2.45) is 0 Å². The fourth-order valence-electron chi connectivity index (χ4n) is 2.75. The van der Waals surface area contributed by atoms with E-state index in [0.717, 1.165) is 31.8 Å². The van der Waals surface area contributed by atoms with E-state index < -0.39 is 0 Å². The van der Waals surface area contributed by atoms with E-state index in [1.54, 1.807) is 0 Å². The van der Waals surface area contributed by atoms with Crippen LogP contribution in [-0.2, 0) is 4.79 Å². The number of amides is 1. The molecule has 1 aliphatic heterocycles. The summed E-state index contributed by atoms with van der Waals surface area (Å²) in [5.41, 5.74) is 1.28. The molecular formula is C18H29N3OS. The molecule has 4 nitrogen and oxygen atoms in total. The van der Waals surface area contributed by atoms with Crippen LogP contribution in [0.5, 0.6) is 0 Å². The topological polar surface area (TPSA) is 26.8 Å². The van der Waals surface area contributed by atoms with Gasteiger partial charge >= 0.3 is 0 Å². The Kier molecular flexibility index (Phi) is 6.93. The smallest absolute Gasteiger partial charge is 0.236 e. The van der Waals surface area contributed by atoms with Crippen LogP contribution in [0.3, 0.4) is 0 Å². The van der Waals surface area contributed by atoms with Crippen LogP contribution in [-0.4, -0.2) is 79.7 Å². The maximum absolute atomic E-state index is 12.3. The summed E-state index contributed by atoms with van der Waals surface area (Å²) in [4.78, 5) is 20.0. The van der Waals surface area contributed by atoms with Gasteiger partial charge in [-0.15, -0.1) is 11.8 Å². The summed E-state index contributed by atoms with van der Waals surface area (Å²) in [5.74, 6) is 1.17. The van der Waals surface area contributed by atoms with Crippen molar-refractivity contribution in [1.29, 1.82) is 0 Å². The van der Waals surface area contributed by atoms with Crippen molar-refractivity contribution in [2.45, 2.75) is 24.3 Å². The lowest BCUT2D eigenvalue weighted by molar-refractivity contribution is -0.130. The lowest BCUT2D eigenvalue weighted by atomic mass is 10.2. The second-order valence-corrected chi connectivity index (χ2v) is 7.79. The highest BCUT2D eigenvalue weighted by atomic mass is 32.2. The summed E-state index contributed by atoms with van der Waals surface area (Å²) in [5, 5.41) is 0. The summed E-state index contributed by atoms with van der Waals surface area (Å²) >= 11 is 1.81. The predicted molar refractivity (Wildman–Crippen MR) is 98.1 cm³/mol. The Morgan fingerprint density at radius 2 is 1.96 bits per heavy atom. The van der Waals surface area contributed by atoms with Gasteiger partial charge in [-0.3, -0.25) is 9.69 Å². The minimum atomic E-state index is 0.230. The Morgan fingerprint density at radius 3 is 2.57 bits per heavy atom. The van der Waals surface area contributed by atoms with Gasteiger partial charge in [-0.05, 0) is 39.6 Å². The first kappa shape index (κ1) is 18.3. The van der Waals surface area contributed by atoms with E-state index in [0.29, 0.717) is 12.6 Å². The maximum atomic E-state index is 12.3. The van der Waals surface area contributed by atoms with Crippen LogP contribution >= 0.6 is 11.8 Å². The first-order valence-electron chi connectivity index (χ1n) is 8.28. The molecule has 1 saturated heterocycles. The molecule has 0 aliphatic carbocycles. The Bertz CT molecular complexity index is 503. The molecule has 0 saturated carbocycles. The third-order valence-corrected chi connectivity index (χ3v) is 5.47. The number of hydrogen-bond acceptors (Lipinski definition) is 4. The van der Waals surface area contributed by atoms with Crippen LogP contribution in [0, 0.1) is 6.92 Å². The minimum Gasteiger partial charge on any atom is -0.344 e. The third-order valence-electron chi connectivity index (χ3n) is 4.48. The fraction of sp³-hybridized carbons (Fsp3) is 0.611. The zero-order valence-electron chi connectivity index (χ0n) is 14.8. The number of benzene rings is 1. The van der Waals surface area contributed by atoms with Crippen LogP contribution in [0.1, 0.15) is 12.0 Å². The normalized spacial score (nSPS) is 18.6. The van der Waals surface area contributed by atoms with E-state index in [1.807, 2.05) is 23.7 Å². The lowest BCUT2D eigenvalue weighted by Crippen LogP contribution is -2.39. The predicted octanol–water partition coefficient (Wildman–Crippen LogP) is 2.18. The molecule has 1 heterocycles. The number of nitrogens with zero attached hydrogens (tertiary/aromatic N) is 3. The number of rotatable bonds is 7. The Balaban J connectivity index is 1.68. The van der Waals surface area contributed by atoms with Crippen molar-refractivity contribution in [2.75, 3.05) is 53.1 Å². The van der Waals surface area contributed by atoms with Crippen molar-refractivity contribution in [3.05, 3.63) is 29.8 Å². The quantitative estimate of drug-likeness (QED) is 0.714. The van der Waals surface area contributed by atoms with Gasteiger partial charge < -0.3 is 9.80 Å². The summed E-state index contributed by atoms with van der Waals surface area (Å²) in [6.07, 6.45) is 1.16. The van der Waals surface area contributed by atoms with Gasteiger partial charge in [0.1, 0.15) is 0 Å². The molecule has 128 valence electrons. The summed E-state index contributed by atoms with van der Waals surface area (Å²) in [6, 6.07) is 9.14. The molecule has 1 aromatic carbocycles. The van der Waals surface area contributed by atoms with Crippen LogP contribution in [0.15, 0.2) is 29.2 Å². The van der Waals surface area contributed by atoms with E-state index in [4.69, 9.17) is 0 Å². The first-order chi connectivity index (χ1) is 11.0. The van der Waals surface area contributed by atoms with Gasteiger partial charge in [-0.1, -0.05) is 17.7 Å². The van der Waals surface area contributed by atoms with Crippen molar-refractivity contribution in [3.8, 4) is 0 Å². The maximum Gasteiger partial charge on any atom is 0.236 e. The monoisotopic (exact) mass is 335 g/mol. The molecule has 1 atom stereocenters. The van der Waals surface area contributed by atoms with Gasteiger partial charge in [0, 0.05) is 43.4 Å². The van der Waals surface area contributed by atoms with E-state index in [2.05, 4.69) is 55.1 Å². The number of likely N-dealkylation sites (N-methyl/N-ethyl adjacent to an activating group) is 2. The molecule has 1 aliphatic rings. The fourth-order valence-corrected chi connectivity index (χ4v) is 3.68. The summed E-state index contributed by atoms with van der Waals surface area (Å²) < 4.78 is 0. The summed E-state index contributed by atoms with van der Waals surface area (Å²) in [6.45, 7) is 5.48. The number of aryl methyl sites for hydroxylation is 1. The van der Waals surface area contributed by atoms with E-state index >= 15 is 0 Å². The SMILES string of the molecule is Cc1ccc(SCCN(C)C(=O)CN2CC[C@@H](N(C)C)C2)cc1. The number of carbonyl (C=O) groups is 1. The Morgan fingerprint density at radius 1 is 1.26 bits per heavy atom. The van der Waals surface area contributed by atoms with Crippen molar-refractivity contribution < 1.29 is 4.79 Å². The first-order valence-corrected chi connectivity index (χ1v) is 9.26. The summed E-state index contributed by atoms with van der Waals surface area (Å²) in [7, 11) is 6.15. The van der Waals surface area contributed by atoms with Gasteiger partial charge in [0.15, 0.2) is 0 Å². The van der Waals surface area contributed by atoms with Crippen LogP contribution < -0.4 is 0 Å². The van der Waals surface area contributed by atoms with E-state index in [9.17, 15) is 4.79 Å². The van der Waals surface area contributed by atoms with Gasteiger partial charge in [-0.2, -0.15) is 0 Å². The van der Waals surface area contributed by atoms with E-state index in [-0.39, 0.29) is 5.91 Å². The largest absolute Gasteiger partial charge is 0.344 e. The molecule has 2 rings (SSSR count). The molecular weight excluding hydrogens is 306 g/mol. The Labute approximate surface area is 144 Å². The number of likely N-dealkylation sites (tertiary alicyclic amines) is 1. The molecule has 0 unspecified atom stereocenters. The van der Waals surface area contributed by atoms with Gasteiger partial charge in [0.05, 0.1) is 6.54 Å². The van der Waals surface area contributed by atoms with Crippen molar-refractivity contribution in [3.63, 3.8) is 0 Å². The number of carbonyl (C=O) groups excluding carboxylic acids is 1. The van der Waals surface area contributed by atoms with Gasteiger partial charge in [0.2, 0.25) is 5.91 Å². The van der Waals surface area contributed by atoms with Crippen LogP contribution in [0.2, 0.25) is 0 Å². The molecule has 0 aromatic heterocycles. The van der Waals surface area contributed by atoms with Crippen molar-refractivity contribution >= 4 is 17.7 Å². The molecule has 0 spiro atoms. The molecule has 0 N–H and O–H groups in total. The number of hydrogen-bond donors (Lipinski definition) is 0. The molecule has 23 heavy (non-hydrogen) atoms. The van der Waals surface area contributed by atoms with Crippen molar-refractivity contribution in [1.82, 2.24) is 14.7 Å². The van der Waals surface area contributed by atoms with E-state index in [1.165, 1.54) is 10.5 Å². The minimum absolute atomic E-state index is 0.230. The van der Waals surface area contributed by atoms with Crippen LogP contribution in [0.4, 0.5) is 0 Å². The molecule has 0 bridgehead atoms. The third kappa shape index (κ3) is 5.83. The second-order valence-electron chi connectivity index (χ2n) is 6.62. The standard InChI is InChI=1S/C18H29N3OS/c1-15-5-7-17(8-6-15)23-12-11-20(4)18(22)14-21-10-9-16(13-21)19(2)3/h5-8,16H,9-14H2,1-4H3/t16-/m1/s1. The number of thioether (sulfide) groups is 1. The molecule has 0 radical (unpaired) electrons. The average molecular weight is 336 g/mol. The zero-order valence-corrected chi connectivity index (χ0v) is 15.6. The zero-order chi connectivity index (χ0) is 16.8. The second kappa shape index (κ2) is 8.71. The highest BCUT2D eigenvalue weighted by Gasteiger charge is 2.25. The van der Waals surface area contributed by atoms with Gasteiger partial charge in [0.25, 0.3) is 0 Å². The molecule has 1 fully saturated rings. The lowest BCUT2D eigenvalue weighted by Gasteiger charge is -2.23. The molecule has 1 aromatic rings. The Hall–Kier alpha value is -1.04. The average Bonchev–Trinajstić information content (AvgIpc) is 2.98. The van der Waals surface area contributed by atoms with Gasteiger partial charge in [-0.25, -0.2) is 0 Å². The highest BCUT2D eigenvalue weighted by molar-refractivity contribution is 7.99. The van der Waals surface area contributed by atoms with Crippen LogP contribution in [0.25, 0.3) is 0 Å².